The van der Waals surface area contributed by atoms with Crippen molar-refractivity contribution in [3.05, 3.63) is 53.6 Å². The molecular weight excluding hydrogens is 408 g/mol. The van der Waals surface area contributed by atoms with Crippen molar-refractivity contribution in [2.24, 2.45) is 0 Å². The Hall–Kier alpha value is -2.32. The third kappa shape index (κ3) is 7.38. The smallest absolute Gasteiger partial charge is 0.161 e. The Kier molecular flexibility index (Phi) is 9.62. The molecule has 0 bridgehead atoms. The predicted molar refractivity (Wildman–Crippen MR) is 125 cm³/mol. The van der Waals surface area contributed by atoms with Crippen molar-refractivity contribution in [1.82, 2.24) is 9.80 Å². The van der Waals surface area contributed by atoms with Crippen molar-refractivity contribution >= 4 is 0 Å². The first kappa shape index (κ1) is 24.3. The molecule has 3 rings (SSSR count). The largest absolute Gasteiger partial charge is 0.493 e. The first-order chi connectivity index (χ1) is 15.6. The summed E-state index contributed by atoms with van der Waals surface area (Å²) >= 11 is 0. The van der Waals surface area contributed by atoms with E-state index < -0.39 is 6.10 Å². The molecular formula is C25H36N2O5. The van der Waals surface area contributed by atoms with Crippen LogP contribution in [0.25, 0.3) is 0 Å². The fourth-order valence-corrected chi connectivity index (χ4v) is 3.83. The van der Waals surface area contributed by atoms with Crippen LogP contribution < -0.4 is 14.2 Å². The Bertz CT molecular complexity index is 826. The summed E-state index contributed by atoms with van der Waals surface area (Å²) in [5, 5.41) is 10.7. The number of benzene rings is 2. The van der Waals surface area contributed by atoms with Crippen molar-refractivity contribution in [1.29, 1.82) is 0 Å². The van der Waals surface area contributed by atoms with Crippen molar-refractivity contribution in [2.75, 3.05) is 66.8 Å². The number of nitrogens with zero attached hydrogens (tertiary/aromatic N) is 2. The molecule has 1 N–H and O–H groups in total. The van der Waals surface area contributed by atoms with Crippen LogP contribution in [0.3, 0.4) is 0 Å². The standard InChI is InChI=1S/C25H36N2O5/c1-20-6-4-5-7-23(20)32-19-22(28)18-27(11-10-26-12-14-31-15-13-26)17-21-8-9-24(29-2)25(16-21)30-3/h4-9,16,22,28H,10-15,17-19H2,1-3H3/t22-/m1/s1. The molecule has 0 spiro atoms. The van der Waals surface area contributed by atoms with Gasteiger partial charge in [0, 0.05) is 39.3 Å². The van der Waals surface area contributed by atoms with Gasteiger partial charge >= 0.3 is 0 Å². The Labute approximate surface area is 191 Å². The van der Waals surface area contributed by atoms with Crippen LogP contribution in [0.5, 0.6) is 17.2 Å². The fourth-order valence-electron chi connectivity index (χ4n) is 3.83. The van der Waals surface area contributed by atoms with Gasteiger partial charge in [0.1, 0.15) is 18.5 Å². The number of rotatable bonds is 12. The van der Waals surface area contributed by atoms with Crippen LogP contribution >= 0.6 is 0 Å². The third-order valence-electron chi connectivity index (χ3n) is 5.68. The van der Waals surface area contributed by atoms with Crippen LogP contribution in [-0.2, 0) is 11.3 Å². The van der Waals surface area contributed by atoms with Gasteiger partial charge in [0.25, 0.3) is 0 Å². The van der Waals surface area contributed by atoms with E-state index in [-0.39, 0.29) is 6.61 Å². The molecule has 0 saturated carbocycles. The zero-order valence-electron chi connectivity index (χ0n) is 19.5. The molecule has 0 amide bonds. The maximum absolute atomic E-state index is 10.7. The Morgan fingerprint density at radius 3 is 2.50 bits per heavy atom. The first-order valence-corrected chi connectivity index (χ1v) is 11.2. The average Bonchev–Trinajstić information content (AvgIpc) is 2.82. The molecule has 7 nitrogen and oxygen atoms in total. The first-order valence-electron chi connectivity index (χ1n) is 11.2. The summed E-state index contributed by atoms with van der Waals surface area (Å²) in [5.41, 5.74) is 2.17. The Balaban J connectivity index is 1.62. The summed E-state index contributed by atoms with van der Waals surface area (Å²) < 4.78 is 22.1. The van der Waals surface area contributed by atoms with E-state index in [1.807, 2.05) is 49.4 Å². The minimum Gasteiger partial charge on any atom is -0.493 e. The molecule has 0 unspecified atom stereocenters. The Morgan fingerprint density at radius 2 is 1.78 bits per heavy atom. The lowest BCUT2D eigenvalue weighted by Gasteiger charge is -2.31. The van der Waals surface area contributed by atoms with Crippen molar-refractivity contribution in [3.8, 4) is 17.2 Å². The topological polar surface area (TPSA) is 63.6 Å². The SMILES string of the molecule is COc1ccc(CN(CCN2CCOCC2)C[C@@H](O)COc2ccccc2C)cc1OC. The second kappa shape index (κ2) is 12.6. The third-order valence-corrected chi connectivity index (χ3v) is 5.68. The van der Waals surface area contributed by atoms with Gasteiger partial charge in [0.15, 0.2) is 11.5 Å². The van der Waals surface area contributed by atoms with E-state index in [1.54, 1.807) is 14.2 Å². The number of aliphatic hydroxyl groups excluding tert-OH is 1. The highest BCUT2D eigenvalue weighted by atomic mass is 16.5. The summed E-state index contributed by atoms with van der Waals surface area (Å²) in [5.74, 6) is 2.23. The molecule has 2 aromatic rings. The van der Waals surface area contributed by atoms with Gasteiger partial charge in [-0.05, 0) is 36.2 Å². The van der Waals surface area contributed by atoms with E-state index in [1.165, 1.54) is 0 Å². The number of aliphatic hydroxyl groups is 1. The number of morpholine rings is 1. The molecule has 0 aliphatic carbocycles. The minimum absolute atomic E-state index is 0.255. The van der Waals surface area contributed by atoms with E-state index in [0.29, 0.717) is 24.6 Å². The highest BCUT2D eigenvalue weighted by Gasteiger charge is 2.17. The summed E-state index contributed by atoms with van der Waals surface area (Å²) in [6, 6.07) is 13.8. The van der Waals surface area contributed by atoms with Gasteiger partial charge in [-0.3, -0.25) is 9.80 Å². The number of hydrogen-bond acceptors (Lipinski definition) is 7. The fraction of sp³-hybridized carbons (Fsp3) is 0.520. The highest BCUT2D eigenvalue weighted by molar-refractivity contribution is 5.42. The predicted octanol–water partition coefficient (Wildman–Crippen LogP) is 2.59. The molecule has 0 aromatic heterocycles. The lowest BCUT2D eigenvalue weighted by atomic mass is 10.1. The summed E-state index contributed by atoms with van der Waals surface area (Å²) in [6.07, 6.45) is -0.598. The average molecular weight is 445 g/mol. The number of ether oxygens (including phenoxy) is 4. The van der Waals surface area contributed by atoms with Crippen LogP contribution in [0.1, 0.15) is 11.1 Å². The van der Waals surface area contributed by atoms with Crippen molar-refractivity contribution in [2.45, 2.75) is 19.6 Å². The molecule has 2 aromatic carbocycles. The van der Waals surface area contributed by atoms with Gasteiger partial charge in [-0.2, -0.15) is 0 Å². The van der Waals surface area contributed by atoms with Crippen LogP contribution in [0.2, 0.25) is 0 Å². The van der Waals surface area contributed by atoms with E-state index >= 15 is 0 Å². The van der Waals surface area contributed by atoms with Gasteiger partial charge in [0.05, 0.1) is 27.4 Å². The molecule has 176 valence electrons. The van der Waals surface area contributed by atoms with Crippen LogP contribution in [0, 0.1) is 6.92 Å². The number of methoxy groups -OCH3 is 2. The molecule has 7 heteroatoms. The molecule has 1 heterocycles. The maximum Gasteiger partial charge on any atom is 0.161 e. The van der Waals surface area contributed by atoms with Crippen LogP contribution in [0.15, 0.2) is 42.5 Å². The molecule has 0 radical (unpaired) electrons. The number of hydrogen-bond donors (Lipinski definition) is 1. The normalized spacial score (nSPS) is 15.5. The van der Waals surface area contributed by atoms with Crippen molar-refractivity contribution in [3.63, 3.8) is 0 Å². The van der Waals surface area contributed by atoms with Crippen LogP contribution in [-0.4, -0.2) is 87.8 Å². The van der Waals surface area contributed by atoms with Crippen molar-refractivity contribution < 1.29 is 24.1 Å². The lowest BCUT2D eigenvalue weighted by molar-refractivity contribution is 0.0255. The lowest BCUT2D eigenvalue weighted by Crippen LogP contribution is -2.43. The summed E-state index contributed by atoms with van der Waals surface area (Å²) in [4.78, 5) is 4.67. The Morgan fingerprint density at radius 1 is 1.03 bits per heavy atom. The van der Waals surface area contributed by atoms with Gasteiger partial charge < -0.3 is 24.1 Å². The van der Waals surface area contributed by atoms with Crippen LogP contribution in [0.4, 0.5) is 0 Å². The zero-order chi connectivity index (χ0) is 22.8. The highest BCUT2D eigenvalue weighted by Crippen LogP contribution is 2.28. The quantitative estimate of drug-likeness (QED) is 0.540. The molecule has 1 atom stereocenters. The second-order valence-electron chi connectivity index (χ2n) is 8.11. The second-order valence-corrected chi connectivity index (χ2v) is 8.11. The van der Waals surface area contributed by atoms with Gasteiger partial charge in [-0.1, -0.05) is 24.3 Å². The number of aryl methyl sites for hydroxylation is 1. The molecule has 32 heavy (non-hydrogen) atoms. The summed E-state index contributed by atoms with van der Waals surface area (Å²) in [7, 11) is 3.28. The van der Waals surface area contributed by atoms with Gasteiger partial charge in [-0.15, -0.1) is 0 Å². The minimum atomic E-state index is -0.598. The molecule has 1 aliphatic rings. The molecule has 1 fully saturated rings. The maximum atomic E-state index is 10.7. The van der Waals surface area contributed by atoms with E-state index in [9.17, 15) is 5.11 Å². The summed E-state index contributed by atoms with van der Waals surface area (Å²) in [6.45, 7) is 8.71. The molecule has 1 aliphatic heterocycles. The zero-order valence-corrected chi connectivity index (χ0v) is 19.5. The van der Waals surface area contributed by atoms with Gasteiger partial charge in [0.2, 0.25) is 0 Å². The van der Waals surface area contributed by atoms with E-state index in [2.05, 4.69) is 9.80 Å². The van der Waals surface area contributed by atoms with E-state index in [4.69, 9.17) is 18.9 Å². The number of para-hydroxylation sites is 1. The molecule has 1 saturated heterocycles. The monoisotopic (exact) mass is 444 g/mol. The van der Waals surface area contributed by atoms with E-state index in [0.717, 1.165) is 56.3 Å². The van der Waals surface area contributed by atoms with Gasteiger partial charge in [-0.25, -0.2) is 0 Å².